The van der Waals surface area contributed by atoms with E-state index in [0.29, 0.717) is 16.7 Å². The summed E-state index contributed by atoms with van der Waals surface area (Å²) in [5, 5.41) is 0.592. The Morgan fingerprint density at radius 3 is 2.74 bits per heavy atom. The summed E-state index contributed by atoms with van der Waals surface area (Å²) in [6.45, 7) is 5.55. The predicted octanol–water partition coefficient (Wildman–Crippen LogP) is 2.09. The summed E-state index contributed by atoms with van der Waals surface area (Å²) in [5.41, 5.74) is 3.67. The Kier molecular flexibility index (Phi) is 3.96. The van der Waals surface area contributed by atoms with Gasteiger partial charge in [-0.3, -0.25) is 10.2 Å². The lowest BCUT2D eigenvalue weighted by Gasteiger charge is -1.96. The predicted molar refractivity (Wildman–Crippen MR) is 70.6 cm³/mol. The molecule has 0 spiro atoms. The fourth-order valence-electron chi connectivity index (χ4n) is 1.55. The van der Waals surface area contributed by atoms with Gasteiger partial charge in [0.05, 0.1) is 11.4 Å². The molecule has 0 bridgehead atoms. The smallest absolute Gasteiger partial charge is 0.301 e. The number of aryl methyl sites for hydroxylation is 3. The number of carbonyl (C=O) groups is 1. The van der Waals surface area contributed by atoms with Crippen molar-refractivity contribution in [3.05, 3.63) is 34.6 Å². The van der Waals surface area contributed by atoms with Gasteiger partial charge >= 0.3 is 5.91 Å². The van der Waals surface area contributed by atoms with E-state index in [1.807, 2.05) is 19.3 Å². The number of hydrogen-bond donors (Lipinski definition) is 2. The zero-order chi connectivity index (χ0) is 14.0. The SMILES string of the molecule is Cc1cc(CSc2nc(C)c(C)o2)oc1C(=O)NN. The third kappa shape index (κ3) is 2.99. The van der Waals surface area contributed by atoms with Crippen LogP contribution in [0.25, 0.3) is 0 Å². The van der Waals surface area contributed by atoms with E-state index in [-0.39, 0.29) is 5.76 Å². The Morgan fingerprint density at radius 2 is 2.16 bits per heavy atom. The van der Waals surface area contributed by atoms with E-state index in [1.54, 1.807) is 13.0 Å². The average molecular weight is 281 g/mol. The van der Waals surface area contributed by atoms with E-state index < -0.39 is 5.91 Å². The van der Waals surface area contributed by atoms with Crippen LogP contribution in [0.2, 0.25) is 0 Å². The Labute approximate surface area is 114 Å². The number of nitrogens with two attached hydrogens (primary N) is 1. The Hall–Kier alpha value is -1.73. The van der Waals surface area contributed by atoms with E-state index in [4.69, 9.17) is 14.7 Å². The molecule has 0 atom stereocenters. The average Bonchev–Trinajstić information content (AvgIpc) is 2.90. The van der Waals surface area contributed by atoms with Crippen molar-refractivity contribution >= 4 is 17.7 Å². The number of nitrogens with one attached hydrogen (secondary N) is 1. The molecule has 2 aromatic rings. The highest BCUT2D eigenvalue weighted by Crippen LogP contribution is 2.26. The van der Waals surface area contributed by atoms with Gasteiger partial charge in [-0.2, -0.15) is 0 Å². The molecule has 0 fully saturated rings. The summed E-state index contributed by atoms with van der Waals surface area (Å²) in [6.07, 6.45) is 0. The van der Waals surface area contributed by atoms with Crippen LogP contribution in [0.15, 0.2) is 20.1 Å². The Balaban J connectivity index is 2.06. The lowest BCUT2D eigenvalue weighted by atomic mass is 10.2. The minimum Gasteiger partial charge on any atom is -0.455 e. The minimum absolute atomic E-state index is 0.234. The molecule has 102 valence electrons. The second-order valence-corrected chi connectivity index (χ2v) is 5.03. The molecule has 3 N–H and O–H groups in total. The quantitative estimate of drug-likeness (QED) is 0.386. The zero-order valence-electron chi connectivity index (χ0n) is 10.9. The first-order valence-corrected chi connectivity index (χ1v) is 6.67. The maximum Gasteiger partial charge on any atom is 0.301 e. The van der Waals surface area contributed by atoms with Gasteiger partial charge in [0, 0.05) is 5.56 Å². The fourth-order valence-corrected chi connectivity index (χ4v) is 2.34. The number of hydrogen-bond acceptors (Lipinski definition) is 6. The Morgan fingerprint density at radius 1 is 1.42 bits per heavy atom. The molecular formula is C12H15N3O3S. The molecule has 0 aliphatic rings. The molecular weight excluding hydrogens is 266 g/mol. The first-order chi connectivity index (χ1) is 9.01. The van der Waals surface area contributed by atoms with Crippen LogP contribution in [0.4, 0.5) is 0 Å². The zero-order valence-corrected chi connectivity index (χ0v) is 11.8. The molecule has 0 radical (unpaired) electrons. The number of carbonyl (C=O) groups excluding carboxylic acids is 1. The van der Waals surface area contributed by atoms with E-state index >= 15 is 0 Å². The highest BCUT2D eigenvalue weighted by Gasteiger charge is 2.15. The second kappa shape index (κ2) is 5.50. The maximum atomic E-state index is 11.4. The number of thioether (sulfide) groups is 1. The molecule has 19 heavy (non-hydrogen) atoms. The number of furan rings is 1. The monoisotopic (exact) mass is 281 g/mol. The van der Waals surface area contributed by atoms with Crippen LogP contribution < -0.4 is 11.3 Å². The van der Waals surface area contributed by atoms with Crippen LogP contribution in [0.3, 0.4) is 0 Å². The largest absolute Gasteiger partial charge is 0.455 e. The molecule has 0 aliphatic carbocycles. The summed E-state index contributed by atoms with van der Waals surface area (Å²) in [5.74, 6) is 6.90. The summed E-state index contributed by atoms with van der Waals surface area (Å²) >= 11 is 1.42. The van der Waals surface area contributed by atoms with Crippen LogP contribution in [-0.2, 0) is 5.75 Å². The van der Waals surface area contributed by atoms with E-state index in [1.165, 1.54) is 11.8 Å². The lowest BCUT2D eigenvalue weighted by molar-refractivity contribution is 0.0923. The molecule has 0 aliphatic heterocycles. The van der Waals surface area contributed by atoms with Crippen LogP contribution in [0.5, 0.6) is 0 Å². The molecule has 6 nitrogen and oxygen atoms in total. The normalized spacial score (nSPS) is 10.7. The van der Waals surface area contributed by atoms with Gasteiger partial charge in [0.1, 0.15) is 11.5 Å². The maximum absolute atomic E-state index is 11.4. The molecule has 0 saturated heterocycles. The van der Waals surface area contributed by atoms with Gasteiger partial charge < -0.3 is 8.83 Å². The number of amides is 1. The molecule has 0 saturated carbocycles. The number of nitrogens with zero attached hydrogens (tertiary/aromatic N) is 1. The van der Waals surface area contributed by atoms with E-state index in [9.17, 15) is 4.79 Å². The van der Waals surface area contributed by atoms with Crippen LogP contribution in [0, 0.1) is 20.8 Å². The van der Waals surface area contributed by atoms with Gasteiger partial charge in [0.15, 0.2) is 5.76 Å². The molecule has 0 aromatic carbocycles. The van der Waals surface area contributed by atoms with Crippen molar-refractivity contribution in [2.45, 2.75) is 31.7 Å². The molecule has 7 heteroatoms. The van der Waals surface area contributed by atoms with Crippen LogP contribution >= 0.6 is 11.8 Å². The second-order valence-electron chi connectivity index (χ2n) is 4.11. The summed E-state index contributed by atoms with van der Waals surface area (Å²) in [4.78, 5) is 15.7. The number of nitrogen functional groups attached to an aromatic ring is 1. The van der Waals surface area contributed by atoms with Gasteiger partial charge in [-0.1, -0.05) is 11.8 Å². The van der Waals surface area contributed by atoms with Crippen molar-refractivity contribution < 1.29 is 13.6 Å². The fraction of sp³-hybridized carbons (Fsp3) is 0.333. The molecule has 1 amide bonds. The van der Waals surface area contributed by atoms with Crippen molar-refractivity contribution in [1.82, 2.24) is 10.4 Å². The van der Waals surface area contributed by atoms with Gasteiger partial charge in [0.2, 0.25) is 0 Å². The summed E-state index contributed by atoms with van der Waals surface area (Å²) < 4.78 is 10.9. The molecule has 0 unspecified atom stereocenters. The Bertz CT molecular complexity index is 584. The van der Waals surface area contributed by atoms with Crippen LogP contribution in [0.1, 0.15) is 33.3 Å². The first-order valence-electron chi connectivity index (χ1n) is 5.68. The highest BCUT2D eigenvalue weighted by molar-refractivity contribution is 7.98. The minimum atomic E-state index is -0.434. The number of oxazole rings is 1. The van der Waals surface area contributed by atoms with Crippen molar-refractivity contribution in [2.24, 2.45) is 5.84 Å². The highest BCUT2D eigenvalue weighted by atomic mass is 32.2. The molecule has 2 heterocycles. The van der Waals surface area contributed by atoms with Crippen LogP contribution in [-0.4, -0.2) is 10.9 Å². The third-order valence-electron chi connectivity index (χ3n) is 2.65. The lowest BCUT2D eigenvalue weighted by Crippen LogP contribution is -2.30. The van der Waals surface area contributed by atoms with E-state index in [0.717, 1.165) is 17.0 Å². The van der Waals surface area contributed by atoms with Gasteiger partial charge in [-0.15, -0.1) is 0 Å². The van der Waals surface area contributed by atoms with Gasteiger partial charge in [-0.05, 0) is 26.8 Å². The third-order valence-corrected chi connectivity index (χ3v) is 3.50. The summed E-state index contributed by atoms with van der Waals surface area (Å²) in [6, 6.07) is 1.81. The van der Waals surface area contributed by atoms with Gasteiger partial charge in [0.25, 0.3) is 5.22 Å². The summed E-state index contributed by atoms with van der Waals surface area (Å²) in [7, 11) is 0. The topological polar surface area (TPSA) is 94.3 Å². The molecule has 2 aromatic heterocycles. The standard InChI is InChI=1S/C12H15N3O3S/c1-6-4-9(18-10(6)11(16)15-13)5-19-12-14-7(2)8(3)17-12/h4H,5,13H2,1-3H3,(H,15,16). The molecule has 2 rings (SSSR count). The first kappa shape index (κ1) is 13.7. The van der Waals surface area contributed by atoms with Crippen molar-refractivity contribution in [3.8, 4) is 0 Å². The van der Waals surface area contributed by atoms with Crippen molar-refractivity contribution in [3.63, 3.8) is 0 Å². The number of rotatable bonds is 4. The van der Waals surface area contributed by atoms with Crippen molar-refractivity contribution in [1.29, 1.82) is 0 Å². The number of aromatic nitrogens is 1. The van der Waals surface area contributed by atoms with Gasteiger partial charge in [-0.25, -0.2) is 10.8 Å². The van der Waals surface area contributed by atoms with E-state index in [2.05, 4.69) is 4.98 Å². The van der Waals surface area contributed by atoms with Crippen molar-refractivity contribution in [2.75, 3.05) is 0 Å². The number of hydrazine groups is 1.